The van der Waals surface area contributed by atoms with Gasteiger partial charge in [0.1, 0.15) is 0 Å². The van der Waals surface area contributed by atoms with Crippen LogP contribution in [0.3, 0.4) is 0 Å². The molecule has 0 saturated heterocycles. The number of para-hydroxylation sites is 2. The van der Waals surface area contributed by atoms with Crippen LogP contribution in [0.4, 0.5) is 0 Å². The molecule has 9 aromatic rings. The third-order valence-electron chi connectivity index (χ3n) is 9.60. The number of hydrogen-bond acceptors (Lipinski definition) is 3. The van der Waals surface area contributed by atoms with Gasteiger partial charge in [0.2, 0.25) is 0 Å². The van der Waals surface area contributed by atoms with Crippen molar-refractivity contribution in [1.82, 2.24) is 9.13 Å². The lowest BCUT2D eigenvalue weighted by Gasteiger charge is -2.16. The van der Waals surface area contributed by atoms with Crippen molar-refractivity contribution in [2.75, 3.05) is 0 Å². The van der Waals surface area contributed by atoms with Crippen LogP contribution in [0.15, 0.2) is 152 Å². The van der Waals surface area contributed by atoms with Gasteiger partial charge in [-0.25, -0.2) is 0 Å². The Bertz CT molecular complexity index is 2970. The monoisotopic (exact) mass is 635 g/mol. The molecular formula is C45H25N5. The molecule has 50 heavy (non-hydrogen) atoms. The molecule has 9 rings (SSSR count). The van der Waals surface area contributed by atoms with Crippen molar-refractivity contribution in [2.24, 2.45) is 0 Å². The van der Waals surface area contributed by atoms with E-state index in [4.69, 9.17) is 0 Å². The van der Waals surface area contributed by atoms with Gasteiger partial charge in [-0.05, 0) is 89.5 Å². The third-order valence-corrected chi connectivity index (χ3v) is 9.60. The molecule has 0 unspecified atom stereocenters. The molecule has 2 aromatic heterocycles. The molecule has 0 bridgehead atoms. The number of nitriles is 3. The molecule has 0 amide bonds. The molecule has 7 aromatic carbocycles. The number of benzene rings is 7. The molecular weight excluding hydrogens is 611 g/mol. The van der Waals surface area contributed by atoms with Crippen LogP contribution in [0.2, 0.25) is 0 Å². The summed E-state index contributed by atoms with van der Waals surface area (Å²) in [6, 6.07) is 57.9. The first-order valence-electron chi connectivity index (χ1n) is 16.3. The second kappa shape index (κ2) is 11.4. The summed E-state index contributed by atoms with van der Waals surface area (Å²) in [5.41, 5.74) is 11.8. The van der Waals surface area contributed by atoms with E-state index in [1.54, 1.807) is 0 Å². The average Bonchev–Trinajstić information content (AvgIpc) is 3.70. The summed E-state index contributed by atoms with van der Waals surface area (Å²) < 4.78 is 4.44. The Morgan fingerprint density at radius 3 is 1.82 bits per heavy atom. The molecule has 0 saturated carbocycles. The smallest absolute Gasteiger partial charge is 0.0998 e. The zero-order valence-corrected chi connectivity index (χ0v) is 26.7. The lowest BCUT2D eigenvalue weighted by atomic mass is 9.96. The normalized spacial score (nSPS) is 11.1. The highest BCUT2D eigenvalue weighted by molar-refractivity contribution is 6.12. The molecule has 0 radical (unpaired) electrons. The van der Waals surface area contributed by atoms with Crippen LogP contribution < -0.4 is 0 Å². The summed E-state index contributed by atoms with van der Waals surface area (Å²) in [5, 5.41) is 33.6. The molecule has 0 aliphatic rings. The maximum atomic E-state index is 10.0. The molecule has 230 valence electrons. The average molecular weight is 636 g/mol. The maximum Gasteiger partial charge on any atom is 0.0998 e. The molecule has 0 N–H and O–H groups in total. The highest BCUT2D eigenvalue weighted by Crippen LogP contribution is 2.39. The molecule has 0 spiro atoms. The number of rotatable bonds is 4. The van der Waals surface area contributed by atoms with E-state index in [9.17, 15) is 15.8 Å². The molecule has 0 aliphatic heterocycles. The van der Waals surface area contributed by atoms with Gasteiger partial charge in [0.15, 0.2) is 0 Å². The first kappa shape index (κ1) is 28.8. The summed E-state index contributed by atoms with van der Waals surface area (Å²) in [4.78, 5) is 0. The Labute approximate surface area is 287 Å². The molecule has 0 aliphatic carbocycles. The van der Waals surface area contributed by atoms with Gasteiger partial charge in [-0.3, -0.25) is 0 Å². The van der Waals surface area contributed by atoms with E-state index in [-0.39, 0.29) is 0 Å². The minimum absolute atomic E-state index is 0.558. The molecule has 0 fully saturated rings. The fourth-order valence-corrected chi connectivity index (χ4v) is 7.41. The topological polar surface area (TPSA) is 81.2 Å². The van der Waals surface area contributed by atoms with Crippen molar-refractivity contribution in [1.29, 1.82) is 15.8 Å². The molecule has 5 heteroatoms. The van der Waals surface area contributed by atoms with Crippen LogP contribution in [0.1, 0.15) is 16.7 Å². The lowest BCUT2D eigenvalue weighted by Crippen LogP contribution is -1.98. The quantitative estimate of drug-likeness (QED) is 0.193. The zero-order chi connectivity index (χ0) is 33.8. The minimum atomic E-state index is 0.558. The van der Waals surface area contributed by atoms with E-state index >= 15 is 0 Å². The summed E-state index contributed by atoms with van der Waals surface area (Å²) >= 11 is 0. The summed E-state index contributed by atoms with van der Waals surface area (Å²) in [7, 11) is 0. The summed E-state index contributed by atoms with van der Waals surface area (Å²) in [5.74, 6) is 0. The Kier molecular flexibility index (Phi) is 6.56. The van der Waals surface area contributed by atoms with Gasteiger partial charge in [0, 0.05) is 32.8 Å². The number of hydrogen-bond donors (Lipinski definition) is 0. The van der Waals surface area contributed by atoms with Crippen molar-refractivity contribution in [3.8, 4) is 51.8 Å². The largest absolute Gasteiger partial charge is 0.309 e. The van der Waals surface area contributed by atoms with Crippen LogP contribution in [0.5, 0.6) is 0 Å². The van der Waals surface area contributed by atoms with E-state index in [2.05, 4.69) is 100 Å². The van der Waals surface area contributed by atoms with Crippen molar-refractivity contribution < 1.29 is 0 Å². The SMILES string of the molecule is N#Cc1ccc(-c2cccc(-c3cccc(-n4c5ccccc5c5cc(C#N)ccc54)c3)c2)c(-n2c3ccccc3c3c(C#N)cccc32)c1. The first-order valence-corrected chi connectivity index (χ1v) is 16.3. The second-order valence-corrected chi connectivity index (χ2v) is 12.3. The van der Waals surface area contributed by atoms with Crippen LogP contribution in [-0.4, -0.2) is 9.13 Å². The highest BCUT2D eigenvalue weighted by atomic mass is 15.0. The third kappa shape index (κ3) is 4.38. The molecule has 2 heterocycles. The van der Waals surface area contributed by atoms with Gasteiger partial charge in [0.05, 0.1) is 62.7 Å². The fraction of sp³-hybridized carbons (Fsp3) is 0. The fourth-order valence-electron chi connectivity index (χ4n) is 7.41. The zero-order valence-electron chi connectivity index (χ0n) is 26.7. The van der Waals surface area contributed by atoms with Crippen molar-refractivity contribution in [2.45, 2.75) is 0 Å². The number of nitrogens with zero attached hydrogens (tertiary/aromatic N) is 5. The van der Waals surface area contributed by atoms with E-state index in [1.807, 2.05) is 78.9 Å². The van der Waals surface area contributed by atoms with Crippen LogP contribution in [0.25, 0.3) is 77.2 Å². The van der Waals surface area contributed by atoms with Gasteiger partial charge in [-0.2, -0.15) is 15.8 Å². The maximum absolute atomic E-state index is 10.0. The van der Waals surface area contributed by atoms with Gasteiger partial charge in [-0.15, -0.1) is 0 Å². The predicted octanol–water partition coefficient (Wildman–Crippen LogP) is 10.8. The standard InChI is InChI=1S/C45H25N5/c46-26-29-19-21-42-39(22-29)37-13-1-3-15-40(37)49(42)35-12-6-9-32(25-35)31-8-5-10-33(24-31)36-20-18-30(27-47)23-44(36)50-41-16-4-2-14-38(41)45-34(28-48)11-7-17-43(45)50/h1-25H. The Hall–Kier alpha value is -7.39. The number of fused-ring (bicyclic) bond motifs is 6. The molecule has 5 nitrogen and oxygen atoms in total. The second-order valence-electron chi connectivity index (χ2n) is 12.3. The lowest BCUT2D eigenvalue weighted by molar-refractivity contribution is 1.18. The van der Waals surface area contributed by atoms with E-state index < -0.39 is 0 Å². The first-order chi connectivity index (χ1) is 24.7. The van der Waals surface area contributed by atoms with Crippen molar-refractivity contribution in [3.63, 3.8) is 0 Å². The van der Waals surface area contributed by atoms with Gasteiger partial charge >= 0.3 is 0 Å². The van der Waals surface area contributed by atoms with E-state index in [0.717, 1.165) is 77.2 Å². The van der Waals surface area contributed by atoms with E-state index in [0.29, 0.717) is 16.7 Å². The Balaban J connectivity index is 1.22. The minimum Gasteiger partial charge on any atom is -0.309 e. The van der Waals surface area contributed by atoms with Crippen LogP contribution >= 0.6 is 0 Å². The van der Waals surface area contributed by atoms with Gasteiger partial charge in [0.25, 0.3) is 0 Å². The highest BCUT2D eigenvalue weighted by Gasteiger charge is 2.19. The summed E-state index contributed by atoms with van der Waals surface area (Å²) in [6.45, 7) is 0. The molecule has 0 atom stereocenters. The Morgan fingerprint density at radius 2 is 1.02 bits per heavy atom. The van der Waals surface area contributed by atoms with Gasteiger partial charge in [-0.1, -0.05) is 78.9 Å². The van der Waals surface area contributed by atoms with E-state index in [1.165, 1.54) is 0 Å². The van der Waals surface area contributed by atoms with Crippen LogP contribution in [-0.2, 0) is 0 Å². The van der Waals surface area contributed by atoms with Gasteiger partial charge < -0.3 is 9.13 Å². The van der Waals surface area contributed by atoms with Crippen molar-refractivity contribution >= 4 is 43.6 Å². The van der Waals surface area contributed by atoms with Crippen molar-refractivity contribution in [3.05, 3.63) is 168 Å². The summed E-state index contributed by atoms with van der Waals surface area (Å²) in [6.07, 6.45) is 0. The number of aromatic nitrogens is 2. The Morgan fingerprint density at radius 1 is 0.400 bits per heavy atom. The van der Waals surface area contributed by atoms with Crippen LogP contribution in [0, 0.1) is 34.0 Å². The predicted molar refractivity (Wildman–Crippen MR) is 200 cm³/mol.